The van der Waals surface area contributed by atoms with Crippen LogP contribution in [0.5, 0.6) is 5.88 Å². The number of aromatic nitrogens is 3. The monoisotopic (exact) mass is 338 g/mol. The van der Waals surface area contributed by atoms with E-state index in [0.29, 0.717) is 22.4 Å². The number of methoxy groups -OCH3 is 1. The third-order valence-corrected chi connectivity index (χ3v) is 4.99. The van der Waals surface area contributed by atoms with Gasteiger partial charge in [0.15, 0.2) is 10.8 Å². The van der Waals surface area contributed by atoms with Crippen LogP contribution in [0, 0.1) is 0 Å². The van der Waals surface area contributed by atoms with E-state index in [1.807, 2.05) is 26.8 Å². The quantitative estimate of drug-likeness (QED) is 0.801. The van der Waals surface area contributed by atoms with E-state index in [9.17, 15) is 4.21 Å². The van der Waals surface area contributed by atoms with Crippen LogP contribution in [-0.4, -0.2) is 36.1 Å². The third-order valence-electron chi connectivity index (χ3n) is 2.68. The summed E-state index contributed by atoms with van der Waals surface area (Å²) in [5.41, 5.74) is 1.44. The van der Waals surface area contributed by atoms with Crippen LogP contribution in [0.15, 0.2) is 22.7 Å². The summed E-state index contributed by atoms with van der Waals surface area (Å²) in [5.74, 6) is 1.09. The van der Waals surface area contributed by atoms with Crippen LogP contribution in [0.25, 0.3) is 11.4 Å². The molecule has 2 rings (SSSR count). The van der Waals surface area contributed by atoms with E-state index < -0.39 is 15.7 Å². The van der Waals surface area contributed by atoms with Crippen molar-refractivity contribution in [3.05, 3.63) is 23.3 Å². The molecule has 2 aromatic heterocycles. The highest BCUT2D eigenvalue weighted by Crippen LogP contribution is 2.22. The molecule has 0 aliphatic rings. The van der Waals surface area contributed by atoms with Gasteiger partial charge in [-0.25, -0.2) is 14.2 Å². The number of nitrogens with zero attached hydrogens (tertiary/aromatic N) is 4. The Morgan fingerprint density at radius 1 is 1.41 bits per heavy atom. The second-order valence-electron chi connectivity index (χ2n) is 5.55. The first-order chi connectivity index (χ1) is 10.3. The Morgan fingerprint density at radius 2 is 2.14 bits per heavy atom. The zero-order chi connectivity index (χ0) is 16.3. The highest BCUT2D eigenvalue weighted by molar-refractivity contribution is 7.85. The molecule has 0 spiro atoms. The van der Waals surface area contributed by atoms with Gasteiger partial charge >= 0.3 is 0 Å². The van der Waals surface area contributed by atoms with Crippen LogP contribution >= 0.6 is 11.5 Å². The van der Waals surface area contributed by atoms with Gasteiger partial charge in [0.1, 0.15) is 11.0 Å². The van der Waals surface area contributed by atoms with Gasteiger partial charge in [-0.05, 0) is 45.3 Å². The van der Waals surface area contributed by atoms with Crippen molar-refractivity contribution in [2.45, 2.75) is 32.4 Å². The summed E-state index contributed by atoms with van der Waals surface area (Å²) in [6, 6.07) is 3.58. The highest BCUT2D eigenvalue weighted by atomic mass is 32.2. The van der Waals surface area contributed by atoms with Crippen molar-refractivity contribution < 1.29 is 8.95 Å². The van der Waals surface area contributed by atoms with Crippen LogP contribution in [0.3, 0.4) is 0 Å². The van der Waals surface area contributed by atoms with Gasteiger partial charge in [0, 0.05) is 17.8 Å². The molecular formula is C14H18N4O2S2. The average Bonchev–Trinajstić information content (AvgIpc) is 2.96. The van der Waals surface area contributed by atoms with Gasteiger partial charge < -0.3 is 4.74 Å². The predicted octanol–water partition coefficient (Wildman–Crippen LogP) is 2.88. The lowest BCUT2D eigenvalue weighted by molar-refractivity contribution is 0.398. The summed E-state index contributed by atoms with van der Waals surface area (Å²) < 4.78 is 25.3. The van der Waals surface area contributed by atoms with Gasteiger partial charge in [0.25, 0.3) is 0 Å². The summed E-state index contributed by atoms with van der Waals surface area (Å²) in [6.07, 6.45) is 1.64. The molecule has 1 unspecified atom stereocenters. The molecular weight excluding hydrogens is 320 g/mol. The molecule has 2 aromatic rings. The maximum Gasteiger partial charge on any atom is 0.213 e. The van der Waals surface area contributed by atoms with Crippen LogP contribution in [0.1, 0.15) is 32.7 Å². The minimum Gasteiger partial charge on any atom is -0.481 e. The minimum atomic E-state index is -1.31. The number of rotatable bonds is 4. The van der Waals surface area contributed by atoms with E-state index in [1.165, 1.54) is 11.5 Å². The second kappa shape index (κ2) is 6.62. The van der Waals surface area contributed by atoms with Gasteiger partial charge in [-0.1, -0.05) is 0 Å². The highest BCUT2D eigenvalue weighted by Gasteiger charge is 2.20. The van der Waals surface area contributed by atoms with Gasteiger partial charge in [0.2, 0.25) is 5.88 Å². The van der Waals surface area contributed by atoms with Crippen molar-refractivity contribution in [2.75, 3.05) is 7.11 Å². The molecule has 1 atom stereocenters. The predicted molar refractivity (Wildman–Crippen MR) is 89.8 cm³/mol. The lowest BCUT2D eigenvalue weighted by Crippen LogP contribution is -2.20. The van der Waals surface area contributed by atoms with Gasteiger partial charge in [-0.2, -0.15) is 8.77 Å². The molecule has 0 bridgehead atoms. The number of hydrogen-bond donors (Lipinski definition) is 0. The zero-order valence-electron chi connectivity index (χ0n) is 13.2. The molecule has 118 valence electrons. The van der Waals surface area contributed by atoms with E-state index >= 15 is 0 Å². The van der Waals surface area contributed by atoms with E-state index in [0.717, 1.165) is 5.56 Å². The molecule has 22 heavy (non-hydrogen) atoms. The van der Waals surface area contributed by atoms with Crippen molar-refractivity contribution in [3.63, 3.8) is 0 Å². The molecule has 0 aliphatic carbocycles. The minimum absolute atomic E-state index is 0.396. The second-order valence-corrected chi connectivity index (χ2v) is 8.21. The van der Waals surface area contributed by atoms with Crippen LogP contribution in [0.2, 0.25) is 0 Å². The molecule has 0 aliphatic heterocycles. The fourth-order valence-corrected chi connectivity index (χ4v) is 2.74. The topological polar surface area (TPSA) is 77.3 Å². The van der Waals surface area contributed by atoms with Crippen molar-refractivity contribution in [2.24, 2.45) is 4.40 Å². The lowest BCUT2D eigenvalue weighted by Gasteiger charge is -2.13. The number of ether oxygens (including phenoxy) is 1. The summed E-state index contributed by atoms with van der Waals surface area (Å²) in [6.45, 7) is 7.44. The van der Waals surface area contributed by atoms with Crippen LogP contribution in [-0.2, 0) is 11.0 Å². The van der Waals surface area contributed by atoms with Crippen molar-refractivity contribution in [1.29, 1.82) is 0 Å². The Morgan fingerprint density at radius 3 is 2.77 bits per heavy atom. The summed E-state index contributed by atoms with van der Waals surface area (Å²) >= 11 is 1.23. The lowest BCUT2D eigenvalue weighted by atomic mass is 10.2. The summed E-state index contributed by atoms with van der Waals surface area (Å²) in [7, 11) is 0.249. The first kappa shape index (κ1) is 16.7. The maximum atomic E-state index is 12.1. The first-order valence-electron chi connectivity index (χ1n) is 6.63. The third kappa shape index (κ3) is 3.95. The zero-order valence-corrected chi connectivity index (χ0v) is 14.8. The van der Waals surface area contributed by atoms with Gasteiger partial charge in [-0.3, -0.25) is 0 Å². The van der Waals surface area contributed by atoms with E-state index in [2.05, 4.69) is 18.7 Å². The first-order valence-corrected chi connectivity index (χ1v) is 8.51. The Hall–Kier alpha value is -1.67. The number of hydrogen-bond acceptors (Lipinski definition) is 6. The molecule has 0 saturated carbocycles. The smallest absolute Gasteiger partial charge is 0.213 e. The Kier molecular flexibility index (Phi) is 5.02. The molecule has 0 radical (unpaired) electrons. The van der Waals surface area contributed by atoms with Crippen LogP contribution < -0.4 is 4.74 Å². The van der Waals surface area contributed by atoms with E-state index in [1.54, 1.807) is 26.3 Å². The fourth-order valence-electron chi connectivity index (χ4n) is 1.45. The van der Waals surface area contributed by atoms with Gasteiger partial charge in [-0.15, -0.1) is 0 Å². The van der Waals surface area contributed by atoms with E-state index in [4.69, 9.17) is 4.74 Å². The Bertz CT molecular complexity index is 720. The molecule has 6 nitrogen and oxygen atoms in total. The molecule has 0 aromatic carbocycles. The fraction of sp³-hybridized carbons (Fsp3) is 0.429. The molecule has 0 N–H and O–H groups in total. The summed E-state index contributed by atoms with van der Waals surface area (Å²) in [4.78, 5) is 8.50. The van der Waals surface area contributed by atoms with Crippen molar-refractivity contribution >= 4 is 28.2 Å². The average molecular weight is 338 g/mol. The van der Waals surface area contributed by atoms with Crippen LogP contribution in [0.4, 0.5) is 0 Å². The molecule has 0 fully saturated rings. The number of pyridine rings is 1. The largest absolute Gasteiger partial charge is 0.481 e. The van der Waals surface area contributed by atoms with Crippen molar-refractivity contribution in [3.8, 4) is 17.3 Å². The molecule has 8 heteroatoms. The standard InChI is InChI=1S/C14H18N4O2S2/c1-9(18-22(19)14(2,3)4)13-16-12(17-21-13)10-6-7-15-11(8-10)20-5/h6-8H,1-5H3. The SMILES string of the molecule is COc1cc(-c2nsc(C(C)=NS(=O)C(C)(C)C)n2)ccn1. The Balaban J connectivity index is 2.28. The van der Waals surface area contributed by atoms with Gasteiger partial charge in [0.05, 0.1) is 17.6 Å². The van der Waals surface area contributed by atoms with Crippen molar-refractivity contribution in [1.82, 2.24) is 14.3 Å². The van der Waals surface area contributed by atoms with E-state index in [-0.39, 0.29) is 0 Å². The maximum absolute atomic E-state index is 12.1. The molecule has 2 heterocycles. The molecule has 0 saturated heterocycles. The Labute approximate surface area is 136 Å². The summed E-state index contributed by atoms with van der Waals surface area (Å²) in [5, 5.41) is 0.656. The molecule has 0 amide bonds. The normalized spacial score (nSPS) is 14.0.